The highest BCUT2D eigenvalue weighted by Crippen LogP contribution is 2.36. The number of para-hydroxylation sites is 1. The van der Waals surface area contributed by atoms with Crippen LogP contribution >= 0.6 is 23.8 Å². The molecule has 0 heterocycles. The molecule has 0 amide bonds. The topological polar surface area (TPSA) is 64.1 Å². The zero-order chi connectivity index (χ0) is 22.8. The van der Waals surface area contributed by atoms with Gasteiger partial charge in [-0.25, -0.2) is 0 Å². The summed E-state index contributed by atoms with van der Waals surface area (Å²) in [5, 5.41) is 7.97. The Bertz CT molecular complexity index is 1080. The molecular weight excluding hydrogens is 446 g/mol. The number of hydrogen-bond acceptors (Lipinski definition) is 5. The Balaban J connectivity index is 1.54. The number of hydrazone groups is 1. The van der Waals surface area contributed by atoms with Crippen molar-refractivity contribution < 1.29 is 14.2 Å². The molecule has 3 rings (SSSR count). The number of anilines is 1. The maximum absolute atomic E-state index is 6.41. The van der Waals surface area contributed by atoms with E-state index in [1.807, 2.05) is 61.5 Å². The smallest absolute Gasteiger partial charge is 0.191 e. The summed E-state index contributed by atoms with van der Waals surface area (Å²) < 4.78 is 16.9. The lowest BCUT2D eigenvalue weighted by molar-refractivity contribution is 0.211. The van der Waals surface area contributed by atoms with Gasteiger partial charge in [-0.3, -0.25) is 5.43 Å². The number of benzene rings is 3. The lowest BCUT2D eigenvalue weighted by Gasteiger charge is -2.14. The van der Waals surface area contributed by atoms with E-state index in [2.05, 4.69) is 15.8 Å². The van der Waals surface area contributed by atoms with Crippen molar-refractivity contribution in [3.63, 3.8) is 0 Å². The summed E-state index contributed by atoms with van der Waals surface area (Å²) in [7, 11) is 1.56. The minimum atomic E-state index is 0.318. The van der Waals surface area contributed by atoms with Gasteiger partial charge in [0.25, 0.3) is 0 Å². The first-order chi connectivity index (χ1) is 15.5. The van der Waals surface area contributed by atoms with Crippen molar-refractivity contribution in [3.05, 3.63) is 82.9 Å². The quantitative estimate of drug-likeness (QED) is 0.188. The van der Waals surface area contributed by atoms with Gasteiger partial charge in [0.05, 0.1) is 18.3 Å². The van der Waals surface area contributed by atoms with E-state index in [-0.39, 0.29) is 0 Å². The third-order valence-electron chi connectivity index (χ3n) is 4.25. The minimum absolute atomic E-state index is 0.318. The highest BCUT2D eigenvalue weighted by molar-refractivity contribution is 7.80. The third-order valence-corrected chi connectivity index (χ3v) is 4.73. The Morgan fingerprint density at radius 1 is 1.03 bits per heavy atom. The summed E-state index contributed by atoms with van der Waals surface area (Å²) in [6.45, 7) is 2.71. The number of halogens is 1. The number of rotatable bonds is 9. The maximum Gasteiger partial charge on any atom is 0.191 e. The van der Waals surface area contributed by atoms with E-state index in [0.29, 0.717) is 34.8 Å². The molecule has 0 saturated carbocycles. The highest BCUT2D eigenvalue weighted by atomic mass is 35.5. The number of hydrogen-bond donors (Lipinski definition) is 2. The van der Waals surface area contributed by atoms with E-state index < -0.39 is 0 Å². The molecule has 0 unspecified atom stereocenters. The third kappa shape index (κ3) is 7.14. The molecule has 0 bridgehead atoms. The molecule has 0 fully saturated rings. The summed E-state index contributed by atoms with van der Waals surface area (Å²) >= 11 is 11.6. The second-order valence-electron chi connectivity index (χ2n) is 6.74. The van der Waals surface area contributed by atoms with Gasteiger partial charge in [-0.05, 0) is 66.7 Å². The summed E-state index contributed by atoms with van der Waals surface area (Å²) in [6, 6.07) is 20.9. The van der Waals surface area contributed by atoms with Crippen LogP contribution in [0.5, 0.6) is 17.2 Å². The number of methoxy groups -OCH3 is 1. The number of ether oxygens (including phenoxy) is 3. The van der Waals surface area contributed by atoms with Crippen LogP contribution in [0.25, 0.3) is 0 Å². The van der Waals surface area contributed by atoms with Crippen LogP contribution in [0.4, 0.5) is 5.69 Å². The van der Waals surface area contributed by atoms with Crippen molar-refractivity contribution in [2.75, 3.05) is 25.6 Å². The molecule has 0 aliphatic carbocycles. The molecule has 3 aromatic rings. The fraction of sp³-hybridized carbons (Fsp3) is 0.167. The molecule has 3 aromatic carbocycles. The van der Waals surface area contributed by atoms with Gasteiger partial charge in [-0.15, -0.1) is 0 Å². The van der Waals surface area contributed by atoms with Gasteiger partial charge in [0.15, 0.2) is 16.6 Å². The van der Waals surface area contributed by atoms with E-state index in [1.165, 1.54) is 0 Å². The summed E-state index contributed by atoms with van der Waals surface area (Å²) in [5.74, 6) is 1.75. The Morgan fingerprint density at radius 2 is 1.81 bits per heavy atom. The first kappa shape index (κ1) is 23.4. The molecule has 0 aliphatic heterocycles. The van der Waals surface area contributed by atoms with E-state index in [9.17, 15) is 0 Å². The van der Waals surface area contributed by atoms with Crippen molar-refractivity contribution in [2.45, 2.75) is 6.92 Å². The average Bonchev–Trinajstić information content (AvgIpc) is 2.78. The SMILES string of the molecule is COc1cc(C=NNC(=S)Nc2ccccc2)cc(Cl)c1OCCOc1cccc(C)c1. The lowest BCUT2D eigenvalue weighted by atomic mass is 10.2. The number of nitrogens with zero attached hydrogens (tertiary/aromatic N) is 1. The van der Waals surface area contributed by atoms with E-state index in [1.54, 1.807) is 25.5 Å². The van der Waals surface area contributed by atoms with Crippen molar-refractivity contribution in [3.8, 4) is 17.2 Å². The maximum atomic E-state index is 6.41. The zero-order valence-corrected chi connectivity index (χ0v) is 19.4. The van der Waals surface area contributed by atoms with Crippen LogP contribution in [0.2, 0.25) is 5.02 Å². The van der Waals surface area contributed by atoms with Crippen LogP contribution in [0.1, 0.15) is 11.1 Å². The van der Waals surface area contributed by atoms with Crippen molar-refractivity contribution in [1.29, 1.82) is 0 Å². The molecule has 0 radical (unpaired) electrons. The number of nitrogens with one attached hydrogen (secondary N) is 2. The first-order valence-corrected chi connectivity index (χ1v) is 10.7. The molecule has 0 spiro atoms. The molecular formula is C24H24ClN3O3S. The Hall–Kier alpha value is -3.29. The summed E-state index contributed by atoms with van der Waals surface area (Å²) in [4.78, 5) is 0. The molecule has 0 atom stereocenters. The zero-order valence-electron chi connectivity index (χ0n) is 17.8. The minimum Gasteiger partial charge on any atom is -0.493 e. The van der Waals surface area contributed by atoms with Gasteiger partial charge >= 0.3 is 0 Å². The highest BCUT2D eigenvalue weighted by Gasteiger charge is 2.12. The summed E-state index contributed by atoms with van der Waals surface area (Å²) in [5.41, 5.74) is 5.51. The lowest BCUT2D eigenvalue weighted by Crippen LogP contribution is -2.23. The molecule has 6 nitrogen and oxygen atoms in total. The van der Waals surface area contributed by atoms with Gasteiger partial charge in [0.1, 0.15) is 19.0 Å². The monoisotopic (exact) mass is 469 g/mol. The van der Waals surface area contributed by atoms with E-state index in [4.69, 9.17) is 38.0 Å². The number of thiocarbonyl (C=S) groups is 1. The molecule has 2 N–H and O–H groups in total. The average molecular weight is 470 g/mol. The van der Waals surface area contributed by atoms with Gasteiger partial charge in [0.2, 0.25) is 0 Å². The second-order valence-corrected chi connectivity index (χ2v) is 7.55. The fourth-order valence-electron chi connectivity index (χ4n) is 2.81. The van der Waals surface area contributed by atoms with Gasteiger partial charge in [0, 0.05) is 5.69 Å². The van der Waals surface area contributed by atoms with Crippen LogP contribution in [0.15, 0.2) is 71.8 Å². The molecule has 0 aromatic heterocycles. The first-order valence-electron chi connectivity index (χ1n) is 9.90. The van der Waals surface area contributed by atoms with E-state index in [0.717, 1.165) is 22.6 Å². The van der Waals surface area contributed by atoms with Crippen LogP contribution in [0, 0.1) is 6.92 Å². The predicted octanol–water partition coefficient (Wildman–Crippen LogP) is 5.44. The Morgan fingerprint density at radius 3 is 2.56 bits per heavy atom. The normalized spacial score (nSPS) is 10.6. The second kappa shape index (κ2) is 11.9. The fourth-order valence-corrected chi connectivity index (χ4v) is 3.25. The molecule has 32 heavy (non-hydrogen) atoms. The Kier molecular flexibility index (Phi) is 8.71. The van der Waals surface area contributed by atoms with Crippen LogP contribution < -0.4 is 25.0 Å². The van der Waals surface area contributed by atoms with Crippen molar-refractivity contribution in [2.24, 2.45) is 5.10 Å². The van der Waals surface area contributed by atoms with E-state index >= 15 is 0 Å². The predicted molar refractivity (Wildman–Crippen MR) is 134 cm³/mol. The van der Waals surface area contributed by atoms with Gasteiger partial charge < -0.3 is 19.5 Å². The molecule has 166 valence electrons. The standard InChI is InChI=1S/C24H24ClN3O3S/c1-17-7-6-10-20(13-17)30-11-12-31-23-21(25)14-18(15-22(23)29-2)16-26-28-24(32)27-19-8-4-3-5-9-19/h3-10,13-16H,11-12H2,1-2H3,(H2,27,28,32). The van der Waals surface area contributed by atoms with Crippen molar-refractivity contribution in [1.82, 2.24) is 5.43 Å². The Labute approximate surface area is 198 Å². The number of aryl methyl sites for hydroxylation is 1. The van der Waals surface area contributed by atoms with Gasteiger partial charge in [-0.1, -0.05) is 41.9 Å². The van der Waals surface area contributed by atoms with Crippen LogP contribution in [-0.4, -0.2) is 31.7 Å². The molecule has 0 saturated heterocycles. The van der Waals surface area contributed by atoms with Crippen LogP contribution in [0.3, 0.4) is 0 Å². The largest absolute Gasteiger partial charge is 0.493 e. The van der Waals surface area contributed by atoms with Crippen LogP contribution in [-0.2, 0) is 0 Å². The van der Waals surface area contributed by atoms with Gasteiger partial charge in [-0.2, -0.15) is 5.10 Å². The summed E-state index contributed by atoms with van der Waals surface area (Å²) in [6.07, 6.45) is 1.60. The molecule has 0 aliphatic rings. The van der Waals surface area contributed by atoms with Crippen molar-refractivity contribution >= 4 is 40.8 Å². The molecule has 8 heteroatoms.